The Kier molecular flexibility index (Phi) is 4.54. The zero-order valence-electron chi connectivity index (χ0n) is 10.3. The van der Waals surface area contributed by atoms with E-state index in [9.17, 15) is 13.5 Å². The molecule has 0 radical (unpaired) electrons. The van der Waals surface area contributed by atoms with Crippen LogP contribution in [-0.4, -0.2) is 32.1 Å². The molecule has 1 aromatic carbocycles. The molecule has 1 aromatic rings. The molecule has 1 unspecified atom stereocenters. The Bertz CT molecular complexity index is 477. The summed E-state index contributed by atoms with van der Waals surface area (Å²) in [6, 6.07) is 5.45. The van der Waals surface area contributed by atoms with E-state index in [4.69, 9.17) is 4.74 Å². The molecule has 5 heteroatoms. The van der Waals surface area contributed by atoms with Gasteiger partial charge in [0.2, 0.25) is 0 Å². The molecule has 0 bridgehead atoms. The van der Waals surface area contributed by atoms with E-state index < -0.39 is 15.9 Å². The standard InChI is InChI=1S/C12H18O4S/c1-9-4-5-12(11(8-9)10(2)13)16-6-7-17(3,14)15/h4-5,8,10,13H,6-7H2,1-3H3. The highest BCUT2D eigenvalue weighted by Gasteiger charge is 2.10. The number of benzene rings is 1. The largest absolute Gasteiger partial charge is 0.492 e. The minimum atomic E-state index is -3.02. The number of sulfone groups is 1. The zero-order chi connectivity index (χ0) is 13.1. The van der Waals surface area contributed by atoms with Crippen LogP contribution in [0.5, 0.6) is 5.75 Å². The van der Waals surface area contributed by atoms with Gasteiger partial charge in [-0.15, -0.1) is 0 Å². The molecule has 0 fully saturated rings. The molecule has 0 saturated carbocycles. The van der Waals surface area contributed by atoms with Gasteiger partial charge in [-0.05, 0) is 26.0 Å². The third-order valence-corrected chi connectivity index (χ3v) is 3.24. The molecule has 1 rings (SSSR count). The van der Waals surface area contributed by atoms with Crippen LogP contribution in [0, 0.1) is 6.92 Å². The quantitative estimate of drug-likeness (QED) is 0.868. The van der Waals surface area contributed by atoms with Gasteiger partial charge in [-0.2, -0.15) is 0 Å². The van der Waals surface area contributed by atoms with Crippen molar-refractivity contribution < 1.29 is 18.3 Å². The summed E-state index contributed by atoms with van der Waals surface area (Å²) in [6.07, 6.45) is 0.532. The minimum Gasteiger partial charge on any atom is -0.492 e. The first-order valence-electron chi connectivity index (χ1n) is 5.39. The number of hydrogen-bond donors (Lipinski definition) is 1. The second kappa shape index (κ2) is 5.51. The van der Waals surface area contributed by atoms with E-state index in [1.807, 2.05) is 19.1 Å². The maximum Gasteiger partial charge on any atom is 0.150 e. The smallest absolute Gasteiger partial charge is 0.150 e. The third kappa shape index (κ3) is 4.75. The fourth-order valence-corrected chi connectivity index (χ4v) is 1.81. The van der Waals surface area contributed by atoms with E-state index in [-0.39, 0.29) is 12.4 Å². The maximum absolute atomic E-state index is 11.0. The van der Waals surface area contributed by atoms with Gasteiger partial charge in [0.15, 0.2) is 9.84 Å². The van der Waals surface area contributed by atoms with Gasteiger partial charge < -0.3 is 9.84 Å². The number of aliphatic hydroxyl groups excluding tert-OH is 1. The Morgan fingerprint density at radius 1 is 1.41 bits per heavy atom. The van der Waals surface area contributed by atoms with Crippen molar-refractivity contribution in [2.45, 2.75) is 20.0 Å². The molecule has 1 atom stereocenters. The van der Waals surface area contributed by atoms with Crippen molar-refractivity contribution in [3.63, 3.8) is 0 Å². The summed E-state index contributed by atoms with van der Waals surface area (Å²) in [6.45, 7) is 3.67. The van der Waals surface area contributed by atoms with Gasteiger partial charge in [-0.25, -0.2) is 8.42 Å². The molecule has 0 amide bonds. The third-order valence-electron chi connectivity index (χ3n) is 2.33. The maximum atomic E-state index is 11.0. The van der Waals surface area contributed by atoms with E-state index >= 15 is 0 Å². The Labute approximate surface area is 102 Å². The second-order valence-electron chi connectivity index (χ2n) is 4.20. The number of aryl methyl sites for hydroxylation is 1. The number of ether oxygens (including phenoxy) is 1. The van der Waals surface area contributed by atoms with Gasteiger partial charge in [0.25, 0.3) is 0 Å². The first kappa shape index (κ1) is 14.0. The van der Waals surface area contributed by atoms with Crippen molar-refractivity contribution in [2.24, 2.45) is 0 Å². The molecular formula is C12H18O4S. The summed E-state index contributed by atoms with van der Waals surface area (Å²) in [5, 5.41) is 9.59. The van der Waals surface area contributed by atoms with Crippen molar-refractivity contribution in [1.82, 2.24) is 0 Å². The fourth-order valence-electron chi connectivity index (χ4n) is 1.43. The summed E-state index contributed by atoms with van der Waals surface area (Å²) in [5.41, 5.74) is 1.70. The molecule has 0 saturated heterocycles. The van der Waals surface area contributed by atoms with E-state index in [0.29, 0.717) is 11.3 Å². The highest BCUT2D eigenvalue weighted by Crippen LogP contribution is 2.26. The predicted molar refractivity (Wildman–Crippen MR) is 67.0 cm³/mol. The van der Waals surface area contributed by atoms with Crippen LogP contribution in [0.3, 0.4) is 0 Å². The van der Waals surface area contributed by atoms with Crippen molar-refractivity contribution in [2.75, 3.05) is 18.6 Å². The molecule has 0 aromatic heterocycles. The lowest BCUT2D eigenvalue weighted by molar-refractivity contribution is 0.192. The monoisotopic (exact) mass is 258 g/mol. The number of aliphatic hydroxyl groups is 1. The molecule has 0 aliphatic carbocycles. The SMILES string of the molecule is Cc1ccc(OCCS(C)(=O)=O)c(C(C)O)c1. The van der Waals surface area contributed by atoms with E-state index in [1.54, 1.807) is 13.0 Å². The first-order chi connectivity index (χ1) is 7.79. The molecule has 17 heavy (non-hydrogen) atoms. The van der Waals surface area contributed by atoms with Crippen LogP contribution in [0.25, 0.3) is 0 Å². The number of hydrogen-bond acceptors (Lipinski definition) is 4. The van der Waals surface area contributed by atoms with Crippen LogP contribution < -0.4 is 4.74 Å². The summed E-state index contributed by atoms with van der Waals surface area (Å²) >= 11 is 0. The van der Waals surface area contributed by atoms with Gasteiger partial charge in [0, 0.05) is 11.8 Å². The normalized spacial score (nSPS) is 13.4. The van der Waals surface area contributed by atoms with Crippen LogP contribution in [0.15, 0.2) is 18.2 Å². The lowest BCUT2D eigenvalue weighted by Crippen LogP contribution is -2.13. The number of rotatable bonds is 5. The van der Waals surface area contributed by atoms with Crippen LogP contribution >= 0.6 is 0 Å². The Morgan fingerprint density at radius 3 is 2.59 bits per heavy atom. The van der Waals surface area contributed by atoms with Crippen LogP contribution in [-0.2, 0) is 9.84 Å². The van der Waals surface area contributed by atoms with Crippen molar-refractivity contribution in [3.8, 4) is 5.75 Å². The summed E-state index contributed by atoms with van der Waals surface area (Å²) < 4.78 is 27.3. The molecule has 96 valence electrons. The lowest BCUT2D eigenvalue weighted by atomic mass is 10.1. The van der Waals surface area contributed by atoms with E-state index in [0.717, 1.165) is 5.56 Å². The van der Waals surface area contributed by atoms with E-state index in [1.165, 1.54) is 6.26 Å². The van der Waals surface area contributed by atoms with E-state index in [2.05, 4.69) is 0 Å². The molecule has 0 aliphatic rings. The summed E-state index contributed by atoms with van der Waals surface area (Å²) in [7, 11) is -3.02. The summed E-state index contributed by atoms with van der Waals surface area (Å²) in [5.74, 6) is 0.509. The average molecular weight is 258 g/mol. The van der Waals surface area contributed by atoms with Crippen molar-refractivity contribution >= 4 is 9.84 Å². The lowest BCUT2D eigenvalue weighted by Gasteiger charge is -2.13. The molecule has 0 heterocycles. The topological polar surface area (TPSA) is 63.6 Å². The Morgan fingerprint density at radius 2 is 2.06 bits per heavy atom. The highest BCUT2D eigenvalue weighted by atomic mass is 32.2. The van der Waals surface area contributed by atoms with Crippen LogP contribution in [0.2, 0.25) is 0 Å². The van der Waals surface area contributed by atoms with Gasteiger partial charge >= 0.3 is 0 Å². The highest BCUT2D eigenvalue weighted by molar-refractivity contribution is 7.90. The van der Waals surface area contributed by atoms with Crippen molar-refractivity contribution in [1.29, 1.82) is 0 Å². The van der Waals surface area contributed by atoms with Gasteiger partial charge in [-0.1, -0.05) is 11.6 Å². The Hall–Kier alpha value is -1.07. The zero-order valence-corrected chi connectivity index (χ0v) is 11.1. The van der Waals surface area contributed by atoms with Gasteiger partial charge in [0.05, 0.1) is 11.9 Å². The van der Waals surface area contributed by atoms with Crippen LogP contribution in [0.1, 0.15) is 24.2 Å². The average Bonchev–Trinajstić information content (AvgIpc) is 2.18. The molecule has 1 N–H and O–H groups in total. The van der Waals surface area contributed by atoms with Crippen molar-refractivity contribution in [3.05, 3.63) is 29.3 Å². The molecule has 0 aliphatic heterocycles. The van der Waals surface area contributed by atoms with Crippen LogP contribution in [0.4, 0.5) is 0 Å². The van der Waals surface area contributed by atoms with Gasteiger partial charge in [0.1, 0.15) is 12.4 Å². The first-order valence-corrected chi connectivity index (χ1v) is 7.45. The predicted octanol–water partition coefficient (Wildman–Crippen LogP) is 1.47. The minimum absolute atomic E-state index is 0.0277. The second-order valence-corrected chi connectivity index (χ2v) is 6.46. The molecule has 4 nitrogen and oxygen atoms in total. The fraction of sp³-hybridized carbons (Fsp3) is 0.500. The molecule has 0 spiro atoms. The van der Waals surface area contributed by atoms with Gasteiger partial charge in [-0.3, -0.25) is 0 Å². The Balaban J connectivity index is 2.77. The molecular weight excluding hydrogens is 240 g/mol. The summed E-state index contributed by atoms with van der Waals surface area (Å²) in [4.78, 5) is 0.